The Balaban J connectivity index is 2.70. The highest BCUT2D eigenvalue weighted by atomic mass is 32.1. The Bertz CT molecular complexity index is 271. The summed E-state index contributed by atoms with van der Waals surface area (Å²) in [6, 6.07) is 1.82. The highest BCUT2D eigenvalue weighted by molar-refractivity contribution is 7.12. The van der Waals surface area contributed by atoms with E-state index in [2.05, 4.69) is 10.7 Å². The zero-order valence-electron chi connectivity index (χ0n) is 6.76. The molecule has 1 aromatic heterocycles. The van der Waals surface area contributed by atoms with Gasteiger partial charge in [0, 0.05) is 6.54 Å². The first-order valence-corrected chi connectivity index (χ1v) is 4.39. The van der Waals surface area contributed by atoms with E-state index in [0.29, 0.717) is 4.88 Å². The number of hydrogen-bond donors (Lipinski definition) is 3. The molecule has 66 valence electrons. The molecule has 0 saturated carbocycles. The summed E-state index contributed by atoms with van der Waals surface area (Å²) in [5, 5.41) is 4.93. The first kappa shape index (κ1) is 9.18. The Hall–Kier alpha value is -0.910. The zero-order valence-corrected chi connectivity index (χ0v) is 7.57. The van der Waals surface area contributed by atoms with Crippen LogP contribution >= 0.6 is 11.3 Å². The van der Waals surface area contributed by atoms with Crippen molar-refractivity contribution in [2.75, 3.05) is 7.05 Å². The number of carbonyl (C=O) groups is 1. The number of carbonyl (C=O) groups excluding carboxylic acids is 1. The van der Waals surface area contributed by atoms with E-state index in [4.69, 9.17) is 5.84 Å². The number of thiophene rings is 1. The van der Waals surface area contributed by atoms with Crippen LogP contribution in [0.2, 0.25) is 0 Å². The number of nitrogens with two attached hydrogens (primary N) is 1. The monoisotopic (exact) mass is 185 g/mol. The molecule has 0 saturated heterocycles. The van der Waals surface area contributed by atoms with Gasteiger partial charge in [-0.05, 0) is 24.1 Å². The summed E-state index contributed by atoms with van der Waals surface area (Å²) in [5.41, 5.74) is 3.19. The fraction of sp³-hybridized carbons (Fsp3) is 0.286. The Kier molecular flexibility index (Phi) is 3.21. The van der Waals surface area contributed by atoms with Crippen molar-refractivity contribution in [2.45, 2.75) is 6.54 Å². The van der Waals surface area contributed by atoms with E-state index >= 15 is 0 Å². The molecule has 4 nitrogen and oxygen atoms in total. The van der Waals surface area contributed by atoms with Gasteiger partial charge in [-0.3, -0.25) is 10.2 Å². The smallest absolute Gasteiger partial charge is 0.275 e. The van der Waals surface area contributed by atoms with Crippen molar-refractivity contribution in [1.29, 1.82) is 0 Å². The van der Waals surface area contributed by atoms with Gasteiger partial charge in [0.2, 0.25) is 0 Å². The minimum atomic E-state index is -0.234. The first-order valence-electron chi connectivity index (χ1n) is 3.51. The maximum atomic E-state index is 11.0. The van der Waals surface area contributed by atoms with Crippen molar-refractivity contribution in [3.8, 4) is 0 Å². The minimum Gasteiger partial charge on any atom is -0.316 e. The number of hydrogen-bond acceptors (Lipinski definition) is 4. The largest absolute Gasteiger partial charge is 0.316 e. The maximum Gasteiger partial charge on any atom is 0.275 e. The predicted octanol–water partition coefficient (Wildman–Crippen LogP) is 0.0710. The molecule has 0 aliphatic carbocycles. The molecule has 1 rings (SSSR count). The molecule has 1 aromatic rings. The van der Waals surface area contributed by atoms with E-state index in [-0.39, 0.29) is 5.91 Å². The summed E-state index contributed by atoms with van der Waals surface area (Å²) in [6.07, 6.45) is 0. The zero-order chi connectivity index (χ0) is 8.97. The van der Waals surface area contributed by atoms with Gasteiger partial charge in [0.1, 0.15) is 0 Å². The standard InChI is InChI=1S/C7H11N3OS/c1-9-3-5-2-6(12-4-5)7(11)10-8/h2,4,9H,3,8H2,1H3,(H,10,11). The molecule has 0 atom stereocenters. The third-order valence-corrected chi connectivity index (χ3v) is 2.37. The predicted molar refractivity (Wildman–Crippen MR) is 48.7 cm³/mol. The van der Waals surface area contributed by atoms with Gasteiger partial charge in [-0.2, -0.15) is 0 Å². The lowest BCUT2D eigenvalue weighted by Crippen LogP contribution is -2.29. The number of nitrogen functional groups attached to an aromatic ring is 1. The van der Waals surface area contributed by atoms with Crippen LogP contribution in [-0.2, 0) is 6.54 Å². The number of rotatable bonds is 3. The van der Waals surface area contributed by atoms with Crippen LogP contribution in [0.1, 0.15) is 15.2 Å². The summed E-state index contributed by atoms with van der Waals surface area (Å²) in [7, 11) is 1.86. The molecular formula is C7H11N3OS. The summed E-state index contributed by atoms with van der Waals surface area (Å²) < 4.78 is 0. The van der Waals surface area contributed by atoms with Crippen molar-refractivity contribution in [1.82, 2.24) is 10.7 Å². The number of amides is 1. The summed E-state index contributed by atoms with van der Waals surface area (Å²) in [6.45, 7) is 0.772. The molecule has 0 aromatic carbocycles. The number of hydrazine groups is 1. The van der Waals surface area contributed by atoms with E-state index in [9.17, 15) is 4.79 Å². The molecule has 12 heavy (non-hydrogen) atoms. The minimum absolute atomic E-state index is 0.234. The molecule has 0 unspecified atom stereocenters. The second-order valence-corrected chi connectivity index (χ2v) is 3.23. The Morgan fingerprint density at radius 1 is 1.75 bits per heavy atom. The van der Waals surface area contributed by atoms with Gasteiger partial charge in [0.05, 0.1) is 4.88 Å². The number of nitrogens with one attached hydrogen (secondary N) is 2. The van der Waals surface area contributed by atoms with Crippen molar-refractivity contribution in [2.24, 2.45) is 5.84 Å². The van der Waals surface area contributed by atoms with Crippen molar-refractivity contribution in [3.63, 3.8) is 0 Å². The van der Waals surface area contributed by atoms with Gasteiger partial charge < -0.3 is 5.32 Å². The fourth-order valence-electron chi connectivity index (χ4n) is 0.863. The van der Waals surface area contributed by atoms with Crippen LogP contribution in [0.3, 0.4) is 0 Å². The Morgan fingerprint density at radius 3 is 3.08 bits per heavy atom. The molecule has 0 radical (unpaired) electrons. The average molecular weight is 185 g/mol. The first-order chi connectivity index (χ1) is 5.77. The molecule has 1 heterocycles. The summed E-state index contributed by atoms with van der Waals surface area (Å²) in [4.78, 5) is 11.6. The fourth-order valence-corrected chi connectivity index (χ4v) is 1.68. The van der Waals surface area contributed by atoms with Gasteiger partial charge in [0.15, 0.2) is 0 Å². The summed E-state index contributed by atoms with van der Waals surface area (Å²) >= 11 is 1.39. The second-order valence-electron chi connectivity index (χ2n) is 2.32. The van der Waals surface area contributed by atoms with E-state index in [1.54, 1.807) is 0 Å². The van der Waals surface area contributed by atoms with Gasteiger partial charge in [0.25, 0.3) is 5.91 Å². The Labute approximate surface area is 74.7 Å². The average Bonchev–Trinajstić information content (AvgIpc) is 2.52. The van der Waals surface area contributed by atoms with Crippen LogP contribution in [0.25, 0.3) is 0 Å². The third-order valence-electron chi connectivity index (χ3n) is 1.39. The van der Waals surface area contributed by atoms with Gasteiger partial charge in [-0.1, -0.05) is 0 Å². The molecular weight excluding hydrogens is 174 g/mol. The van der Waals surface area contributed by atoms with Crippen LogP contribution in [0.15, 0.2) is 11.4 Å². The summed E-state index contributed by atoms with van der Waals surface area (Å²) in [5.74, 6) is 4.74. The van der Waals surface area contributed by atoms with E-state index < -0.39 is 0 Å². The topological polar surface area (TPSA) is 67.2 Å². The molecule has 5 heteroatoms. The lowest BCUT2D eigenvalue weighted by Gasteiger charge is -1.93. The van der Waals surface area contributed by atoms with Gasteiger partial charge in [-0.25, -0.2) is 5.84 Å². The van der Waals surface area contributed by atoms with Crippen molar-refractivity contribution in [3.05, 3.63) is 21.9 Å². The molecule has 0 fully saturated rings. The van der Waals surface area contributed by atoms with Crippen molar-refractivity contribution < 1.29 is 4.79 Å². The molecule has 0 aliphatic rings. The molecule has 0 bridgehead atoms. The van der Waals surface area contributed by atoms with Gasteiger partial charge in [-0.15, -0.1) is 11.3 Å². The molecule has 0 aliphatic heterocycles. The second kappa shape index (κ2) is 4.20. The molecule has 1 amide bonds. The Morgan fingerprint density at radius 2 is 2.50 bits per heavy atom. The highest BCUT2D eigenvalue weighted by Crippen LogP contribution is 2.13. The lowest BCUT2D eigenvalue weighted by atomic mass is 10.3. The SMILES string of the molecule is CNCc1csc(C(=O)NN)c1. The molecule has 4 N–H and O–H groups in total. The maximum absolute atomic E-state index is 11.0. The van der Waals surface area contributed by atoms with E-state index in [0.717, 1.165) is 12.1 Å². The highest BCUT2D eigenvalue weighted by Gasteiger charge is 2.05. The van der Waals surface area contributed by atoms with Crippen LogP contribution in [0.4, 0.5) is 0 Å². The quantitative estimate of drug-likeness (QED) is 0.355. The van der Waals surface area contributed by atoms with Crippen LogP contribution < -0.4 is 16.6 Å². The van der Waals surface area contributed by atoms with E-state index in [1.165, 1.54) is 11.3 Å². The van der Waals surface area contributed by atoms with Crippen LogP contribution in [0.5, 0.6) is 0 Å². The van der Waals surface area contributed by atoms with Gasteiger partial charge >= 0.3 is 0 Å². The molecule has 0 spiro atoms. The third kappa shape index (κ3) is 2.04. The lowest BCUT2D eigenvalue weighted by molar-refractivity contribution is 0.0957. The van der Waals surface area contributed by atoms with E-state index in [1.807, 2.05) is 18.5 Å². The van der Waals surface area contributed by atoms with Crippen LogP contribution in [0, 0.1) is 0 Å². The van der Waals surface area contributed by atoms with Crippen LogP contribution in [-0.4, -0.2) is 13.0 Å². The normalized spacial score (nSPS) is 9.83. The van der Waals surface area contributed by atoms with Crippen molar-refractivity contribution >= 4 is 17.2 Å².